The molecule has 0 saturated carbocycles. The van der Waals surface area contributed by atoms with Gasteiger partial charge < -0.3 is 14.6 Å². The molecular weight excluding hydrogens is 368 g/mol. The van der Waals surface area contributed by atoms with E-state index in [2.05, 4.69) is 0 Å². The van der Waals surface area contributed by atoms with Crippen LogP contribution in [0.5, 0.6) is 11.5 Å². The van der Waals surface area contributed by atoms with Gasteiger partial charge in [-0.2, -0.15) is 0 Å². The van der Waals surface area contributed by atoms with Crippen molar-refractivity contribution < 1.29 is 27.8 Å². The van der Waals surface area contributed by atoms with Gasteiger partial charge in [-0.05, 0) is 47.0 Å². The van der Waals surface area contributed by atoms with Crippen LogP contribution in [0, 0.1) is 0 Å². The molecule has 2 aromatic rings. The Bertz CT molecular complexity index is 919. The van der Waals surface area contributed by atoms with Gasteiger partial charge in [0.25, 0.3) is 0 Å². The van der Waals surface area contributed by atoms with Gasteiger partial charge in [-0.3, -0.25) is 0 Å². The molecule has 0 saturated heterocycles. The largest absolute Gasteiger partial charge is 0.497 e. The molecule has 0 aromatic heterocycles. The van der Waals surface area contributed by atoms with Gasteiger partial charge in [0.05, 0.1) is 14.2 Å². The number of rotatable bonds is 7. The molecule has 0 heterocycles. The van der Waals surface area contributed by atoms with Gasteiger partial charge in [-0.1, -0.05) is 30.3 Å². The number of carboxylic acids is 1. The number of hydrogen-bond donors (Lipinski definition) is 1. The number of hydrogen-bond acceptors (Lipinski definition) is 5. The SMILES string of the molecule is COc1ccc(C(=CC=C(C(=O)O)S(C)(=O)=O)c2ccc(OC)cc2)cc1. The maximum absolute atomic E-state index is 11.7. The maximum atomic E-state index is 11.7. The second-order valence-electron chi connectivity index (χ2n) is 5.65. The summed E-state index contributed by atoms with van der Waals surface area (Å²) in [5, 5.41) is 9.19. The van der Waals surface area contributed by atoms with E-state index >= 15 is 0 Å². The van der Waals surface area contributed by atoms with Gasteiger partial charge in [0, 0.05) is 6.26 Å². The van der Waals surface area contributed by atoms with Crippen LogP contribution in [-0.2, 0) is 14.6 Å². The molecule has 0 bridgehead atoms. The lowest BCUT2D eigenvalue weighted by Gasteiger charge is -2.10. The Kier molecular flexibility index (Phi) is 6.41. The highest BCUT2D eigenvalue weighted by Crippen LogP contribution is 2.27. The molecule has 0 fully saturated rings. The van der Waals surface area contributed by atoms with E-state index in [1.165, 1.54) is 6.08 Å². The first-order chi connectivity index (χ1) is 12.8. The zero-order valence-corrected chi connectivity index (χ0v) is 16.0. The molecule has 0 radical (unpaired) electrons. The standard InChI is InChI=1S/C20H20O6S/c1-25-16-8-4-14(5-9-16)18(15-6-10-17(26-2)11-7-15)12-13-19(20(21)22)27(3,23)24/h4-13H,1-3H3,(H,21,22). The maximum Gasteiger partial charge on any atom is 0.347 e. The Morgan fingerprint density at radius 3 is 1.56 bits per heavy atom. The number of ether oxygens (including phenoxy) is 2. The van der Waals surface area contributed by atoms with Crippen molar-refractivity contribution in [2.24, 2.45) is 0 Å². The van der Waals surface area contributed by atoms with Crippen molar-refractivity contribution in [2.45, 2.75) is 0 Å². The molecule has 0 atom stereocenters. The zero-order valence-electron chi connectivity index (χ0n) is 15.2. The topological polar surface area (TPSA) is 89.9 Å². The minimum atomic E-state index is -3.87. The Hall–Kier alpha value is -3.06. The summed E-state index contributed by atoms with van der Waals surface area (Å²) in [7, 11) is -0.751. The molecule has 27 heavy (non-hydrogen) atoms. The van der Waals surface area contributed by atoms with Gasteiger partial charge in [-0.15, -0.1) is 0 Å². The van der Waals surface area contributed by atoms with E-state index in [1.54, 1.807) is 38.5 Å². The molecular formula is C20H20O6S. The van der Waals surface area contributed by atoms with Gasteiger partial charge in [0.2, 0.25) is 0 Å². The van der Waals surface area contributed by atoms with E-state index in [1.807, 2.05) is 24.3 Å². The summed E-state index contributed by atoms with van der Waals surface area (Å²) in [6.07, 6.45) is 3.44. The van der Waals surface area contributed by atoms with Gasteiger partial charge in [0.15, 0.2) is 14.7 Å². The van der Waals surface area contributed by atoms with E-state index in [9.17, 15) is 18.3 Å². The summed E-state index contributed by atoms with van der Waals surface area (Å²) in [6, 6.07) is 14.3. The van der Waals surface area contributed by atoms with Crippen LogP contribution in [0.4, 0.5) is 0 Å². The summed E-state index contributed by atoms with van der Waals surface area (Å²) in [5.74, 6) is -0.158. The highest BCUT2D eigenvalue weighted by Gasteiger charge is 2.18. The van der Waals surface area contributed by atoms with E-state index in [-0.39, 0.29) is 0 Å². The first kappa shape index (κ1) is 20.3. The van der Waals surface area contributed by atoms with Gasteiger partial charge in [-0.25, -0.2) is 13.2 Å². The first-order valence-corrected chi connectivity index (χ1v) is 9.79. The van der Waals surface area contributed by atoms with Crippen molar-refractivity contribution in [1.29, 1.82) is 0 Å². The number of aliphatic carboxylic acids is 1. The minimum Gasteiger partial charge on any atom is -0.497 e. The molecule has 7 heteroatoms. The summed E-state index contributed by atoms with van der Waals surface area (Å²) in [6.45, 7) is 0. The summed E-state index contributed by atoms with van der Waals surface area (Å²) >= 11 is 0. The highest BCUT2D eigenvalue weighted by atomic mass is 32.2. The van der Waals surface area contributed by atoms with Crippen LogP contribution in [0.2, 0.25) is 0 Å². The second-order valence-corrected chi connectivity index (χ2v) is 7.63. The molecule has 6 nitrogen and oxygen atoms in total. The van der Waals surface area contributed by atoms with Gasteiger partial charge in [0.1, 0.15) is 11.5 Å². The molecule has 0 unspecified atom stereocenters. The molecule has 1 N–H and O–H groups in total. The minimum absolute atomic E-state index is 0.655. The average Bonchev–Trinajstić information content (AvgIpc) is 2.64. The van der Waals surface area contributed by atoms with E-state index < -0.39 is 20.7 Å². The second kappa shape index (κ2) is 8.55. The van der Waals surface area contributed by atoms with Crippen molar-refractivity contribution >= 4 is 21.4 Å². The van der Waals surface area contributed by atoms with E-state index in [0.29, 0.717) is 17.1 Å². The molecule has 0 aliphatic carbocycles. The van der Waals surface area contributed by atoms with Crippen molar-refractivity contribution in [1.82, 2.24) is 0 Å². The summed E-state index contributed by atoms with van der Waals surface area (Å²) in [5.41, 5.74) is 2.20. The van der Waals surface area contributed by atoms with Crippen molar-refractivity contribution in [3.05, 3.63) is 76.7 Å². The molecule has 0 spiro atoms. The monoisotopic (exact) mass is 388 g/mol. The predicted octanol–water partition coefficient (Wildman–Crippen LogP) is 3.15. The van der Waals surface area contributed by atoms with E-state index in [0.717, 1.165) is 23.5 Å². The number of carboxylic acid groups (broad SMARTS) is 1. The quantitative estimate of drug-likeness (QED) is 0.579. The third-order valence-corrected chi connectivity index (χ3v) is 4.92. The Morgan fingerprint density at radius 1 is 0.852 bits per heavy atom. The van der Waals surface area contributed by atoms with Crippen molar-refractivity contribution in [3.8, 4) is 11.5 Å². The number of methoxy groups -OCH3 is 2. The highest BCUT2D eigenvalue weighted by molar-refractivity contribution is 7.95. The fraction of sp³-hybridized carbons (Fsp3) is 0.150. The zero-order chi connectivity index (χ0) is 20.0. The third-order valence-electron chi connectivity index (χ3n) is 3.81. The normalized spacial score (nSPS) is 11.6. The lowest BCUT2D eigenvalue weighted by atomic mass is 9.97. The number of allylic oxidation sites excluding steroid dienone is 2. The summed E-state index contributed by atoms with van der Waals surface area (Å²) < 4.78 is 33.7. The van der Waals surface area contributed by atoms with E-state index in [4.69, 9.17) is 9.47 Å². The first-order valence-electron chi connectivity index (χ1n) is 7.90. The molecule has 2 aromatic carbocycles. The lowest BCUT2D eigenvalue weighted by molar-refractivity contribution is -0.131. The fourth-order valence-electron chi connectivity index (χ4n) is 2.41. The van der Waals surface area contributed by atoms with Crippen LogP contribution in [0.1, 0.15) is 11.1 Å². The number of carbonyl (C=O) groups is 1. The Labute approximate surface area is 158 Å². The van der Waals surface area contributed by atoms with Crippen LogP contribution in [0.25, 0.3) is 5.57 Å². The third kappa shape index (κ3) is 5.21. The Balaban J connectivity index is 2.62. The lowest BCUT2D eigenvalue weighted by Crippen LogP contribution is -2.10. The van der Waals surface area contributed by atoms with Crippen LogP contribution in [0.3, 0.4) is 0 Å². The van der Waals surface area contributed by atoms with Crippen molar-refractivity contribution in [3.63, 3.8) is 0 Å². The Morgan fingerprint density at radius 2 is 1.26 bits per heavy atom. The number of benzene rings is 2. The van der Waals surface area contributed by atoms with Crippen LogP contribution in [-0.4, -0.2) is 40.0 Å². The summed E-state index contributed by atoms with van der Waals surface area (Å²) in [4.78, 5) is 10.6. The molecule has 142 valence electrons. The van der Waals surface area contributed by atoms with Crippen LogP contribution >= 0.6 is 0 Å². The van der Waals surface area contributed by atoms with Gasteiger partial charge >= 0.3 is 5.97 Å². The average molecular weight is 388 g/mol. The molecule has 0 amide bonds. The fourth-order valence-corrected chi connectivity index (χ4v) is 3.05. The molecule has 2 rings (SSSR count). The van der Waals surface area contributed by atoms with Crippen LogP contribution < -0.4 is 9.47 Å². The number of sulfone groups is 1. The predicted molar refractivity (Wildman–Crippen MR) is 104 cm³/mol. The molecule has 0 aliphatic heterocycles. The van der Waals surface area contributed by atoms with Crippen molar-refractivity contribution in [2.75, 3.05) is 20.5 Å². The smallest absolute Gasteiger partial charge is 0.347 e. The molecule has 0 aliphatic rings. The van der Waals surface area contributed by atoms with Crippen LogP contribution in [0.15, 0.2) is 65.6 Å².